The third-order valence-electron chi connectivity index (χ3n) is 2.36. The minimum absolute atomic E-state index is 0. The second kappa shape index (κ2) is 5.72. The highest BCUT2D eigenvalue weighted by atomic mass is 16.6. The van der Waals surface area contributed by atoms with Crippen molar-refractivity contribution in [2.45, 2.75) is 7.43 Å². The van der Waals surface area contributed by atoms with Crippen LogP contribution in [0.2, 0.25) is 0 Å². The smallest absolute Gasteiger partial charge is 0.270 e. The molecule has 4 heteroatoms. The Hall–Kier alpha value is -2.49. The van der Waals surface area contributed by atoms with Gasteiger partial charge in [-0.1, -0.05) is 49.9 Å². The Labute approximate surface area is 105 Å². The molecule has 2 aromatic carbocycles. The fourth-order valence-corrected chi connectivity index (χ4v) is 1.52. The van der Waals surface area contributed by atoms with E-state index in [1.165, 1.54) is 18.2 Å². The molecular formula is C14H13NO3. The number of hydrogen-bond donors (Lipinski definition) is 0. The number of non-ortho nitro benzene ring substituents is 1. The first-order chi connectivity index (χ1) is 8.18. The standard InChI is InChI=1S/C13H9NO3.CH4/c15-13(10-5-2-1-3-6-10)11-7-4-8-12(9-11)14(16)17;/h1-9H;1H4. The second-order valence-electron chi connectivity index (χ2n) is 3.50. The van der Waals surface area contributed by atoms with Crippen LogP contribution in [-0.4, -0.2) is 10.7 Å². The van der Waals surface area contributed by atoms with E-state index in [9.17, 15) is 14.9 Å². The Morgan fingerprint density at radius 1 is 0.944 bits per heavy atom. The molecule has 0 bridgehead atoms. The van der Waals surface area contributed by atoms with Gasteiger partial charge in [0, 0.05) is 23.3 Å². The summed E-state index contributed by atoms with van der Waals surface area (Å²) in [6.45, 7) is 0. The first-order valence-electron chi connectivity index (χ1n) is 5.02. The van der Waals surface area contributed by atoms with Gasteiger partial charge in [0.1, 0.15) is 0 Å². The van der Waals surface area contributed by atoms with Gasteiger partial charge in [-0.3, -0.25) is 14.9 Å². The molecule has 0 saturated carbocycles. The molecule has 0 spiro atoms. The fraction of sp³-hybridized carbons (Fsp3) is 0.0714. The minimum Gasteiger partial charge on any atom is -0.289 e. The molecule has 0 fully saturated rings. The molecule has 0 saturated heterocycles. The van der Waals surface area contributed by atoms with Gasteiger partial charge in [-0.15, -0.1) is 0 Å². The summed E-state index contributed by atoms with van der Waals surface area (Å²) in [6, 6.07) is 14.4. The molecule has 0 aromatic heterocycles. The zero-order valence-corrected chi connectivity index (χ0v) is 8.87. The van der Waals surface area contributed by atoms with Crippen LogP contribution in [-0.2, 0) is 0 Å². The van der Waals surface area contributed by atoms with E-state index in [1.807, 2.05) is 6.07 Å². The maximum absolute atomic E-state index is 12.0. The summed E-state index contributed by atoms with van der Waals surface area (Å²) in [5, 5.41) is 10.6. The molecule has 0 N–H and O–H groups in total. The van der Waals surface area contributed by atoms with Crippen LogP contribution in [0.5, 0.6) is 0 Å². The van der Waals surface area contributed by atoms with Crippen LogP contribution >= 0.6 is 0 Å². The topological polar surface area (TPSA) is 60.2 Å². The maximum atomic E-state index is 12.0. The van der Waals surface area contributed by atoms with Crippen molar-refractivity contribution >= 4 is 11.5 Å². The van der Waals surface area contributed by atoms with E-state index < -0.39 is 4.92 Å². The van der Waals surface area contributed by atoms with Crippen molar-refractivity contribution < 1.29 is 9.72 Å². The molecule has 0 heterocycles. The lowest BCUT2D eigenvalue weighted by Crippen LogP contribution is -2.01. The molecule has 2 rings (SSSR count). The van der Waals surface area contributed by atoms with E-state index in [4.69, 9.17) is 0 Å². The molecule has 4 nitrogen and oxygen atoms in total. The molecule has 0 aliphatic carbocycles. The number of nitro groups is 1. The van der Waals surface area contributed by atoms with Gasteiger partial charge in [-0.25, -0.2) is 0 Å². The first-order valence-corrected chi connectivity index (χ1v) is 5.02. The largest absolute Gasteiger partial charge is 0.289 e. The lowest BCUT2D eigenvalue weighted by Gasteiger charge is -2.00. The van der Waals surface area contributed by atoms with Crippen molar-refractivity contribution in [3.63, 3.8) is 0 Å². The van der Waals surface area contributed by atoms with Gasteiger partial charge in [-0.2, -0.15) is 0 Å². The van der Waals surface area contributed by atoms with Gasteiger partial charge in [0.05, 0.1) is 4.92 Å². The second-order valence-corrected chi connectivity index (χ2v) is 3.50. The van der Waals surface area contributed by atoms with Crippen molar-refractivity contribution in [2.75, 3.05) is 0 Å². The molecule has 0 unspecified atom stereocenters. The Bertz CT molecular complexity index is 564. The first kappa shape index (κ1) is 13.6. The minimum atomic E-state index is -0.512. The van der Waals surface area contributed by atoms with Gasteiger partial charge in [0.15, 0.2) is 5.78 Å². The number of benzene rings is 2. The SMILES string of the molecule is C.O=C(c1ccccc1)c1cccc([N+](=O)[O-])c1. The number of carbonyl (C=O) groups excluding carboxylic acids is 1. The Morgan fingerprint density at radius 3 is 2.17 bits per heavy atom. The lowest BCUT2D eigenvalue weighted by atomic mass is 10.0. The van der Waals surface area contributed by atoms with Crippen LogP contribution in [0, 0.1) is 10.1 Å². The maximum Gasteiger partial charge on any atom is 0.270 e. The van der Waals surface area contributed by atoms with Crippen molar-refractivity contribution in [1.82, 2.24) is 0 Å². The molecule has 0 aliphatic heterocycles. The van der Waals surface area contributed by atoms with Gasteiger partial charge in [0.2, 0.25) is 0 Å². The molecule has 18 heavy (non-hydrogen) atoms. The molecule has 0 atom stereocenters. The van der Waals surface area contributed by atoms with E-state index in [-0.39, 0.29) is 18.9 Å². The fourth-order valence-electron chi connectivity index (χ4n) is 1.52. The van der Waals surface area contributed by atoms with E-state index in [0.717, 1.165) is 0 Å². The number of ketones is 1. The molecule has 2 aromatic rings. The normalized spacial score (nSPS) is 9.33. The summed E-state index contributed by atoms with van der Waals surface area (Å²) >= 11 is 0. The highest BCUT2D eigenvalue weighted by Gasteiger charge is 2.12. The average Bonchev–Trinajstić information content (AvgIpc) is 2.39. The number of hydrogen-bond acceptors (Lipinski definition) is 3. The predicted molar refractivity (Wildman–Crippen MR) is 69.7 cm³/mol. The van der Waals surface area contributed by atoms with Crippen LogP contribution < -0.4 is 0 Å². The van der Waals surface area contributed by atoms with Crippen LogP contribution in [0.3, 0.4) is 0 Å². The Morgan fingerprint density at radius 2 is 1.56 bits per heavy atom. The Balaban J connectivity index is 0.00000162. The quantitative estimate of drug-likeness (QED) is 0.471. The molecular weight excluding hydrogens is 230 g/mol. The lowest BCUT2D eigenvalue weighted by molar-refractivity contribution is -0.384. The number of nitro benzene ring substituents is 1. The summed E-state index contributed by atoms with van der Waals surface area (Å²) < 4.78 is 0. The van der Waals surface area contributed by atoms with Crippen LogP contribution in [0.1, 0.15) is 23.3 Å². The van der Waals surface area contributed by atoms with Gasteiger partial charge >= 0.3 is 0 Å². The van der Waals surface area contributed by atoms with E-state index in [2.05, 4.69) is 0 Å². The zero-order chi connectivity index (χ0) is 12.3. The molecule has 0 radical (unpaired) electrons. The summed E-state index contributed by atoms with van der Waals surface area (Å²) in [7, 11) is 0. The van der Waals surface area contributed by atoms with Crippen molar-refractivity contribution in [2.24, 2.45) is 0 Å². The average molecular weight is 243 g/mol. The predicted octanol–water partition coefficient (Wildman–Crippen LogP) is 3.46. The van der Waals surface area contributed by atoms with Crippen LogP contribution in [0.4, 0.5) is 5.69 Å². The third kappa shape index (κ3) is 2.79. The Kier molecular flexibility index (Phi) is 4.32. The third-order valence-corrected chi connectivity index (χ3v) is 2.36. The zero-order valence-electron chi connectivity index (χ0n) is 8.87. The van der Waals surface area contributed by atoms with Crippen LogP contribution in [0.15, 0.2) is 54.6 Å². The highest BCUT2D eigenvalue weighted by Crippen LogP contribution is 2.16. The number of rotatable bonds is 3. The van der Waals surface area contributed by atoms with E-state index in [1.54, 1.807) is 30.3 Å². The molecule has 92 valence electrons. The van der Waals surface area contributed by atoms with Crippen molar-refractivity contribution in [1.29, 1.82) is 0 Å². The van der Waals surface area contributed by atoms with Gasteiger partial charge < -0.3 is 0 Å². The monoisotopic (exact) mass is 243 g/mol. The van der Waals surface area contributed by atoms with Crippen molar-refractivity contribution in [3.05, 3.63) is 75.8 Å². The van der Waals surface area contributed by atoms with Crippen molar-refractivity contribution in [3.8, 4) is 0 Å². The summed E-state index contributed by atoms with van der Waals surface area (Å²) in [6.07, 6.45) is 0. The van der Waals surface area contributed by atoms with E-state index in [0.29, 0.717) is 11.1 Å². The summed E-state index contributed by atoms with van der Waals surface area (Å²) in [4.78, 5) is 22.1. The summed E-state index contributed by atoms with van der Waals surface area (Å²) in [5.74, 6) is -0.214. The molecule has 0 aliphatic rings. The van der Waals surface area contributed by atoms with E-state index >= 15 is 0 Å². The van der Waals surface area contributed by atoms with Crippen LogP contribution in [0.25, 0.3) is 0 Å². The number of carbonyl (C=O) groups is 1. The highest BCUT2D eigenvalue weighted by molar-refractivity contribution is 6.09. The van der Waals surface area contributed by atoms with Gasteiger partial charge in [0.25, 0.3) is 5.69 Å². The van der Waals surface area contributed by atoms with Gasteiger partial charge in [-0.05, 0) is 0 Å². The number of nitrogens with zero attached hydrogens (tertiary/aromatic N) is 1. The summed E-state index contributed by atoms with van der Waals surface area (Å²) in [5.41, 5.74) is 0.769. The molecule has 0 amide bonds.